The summed E-state index contributed by atoms with van der Waals surface area (Å²) in [6.07, 6.45) is 1.89. The fraction of sp³-hybridized carbons (Fsp3) is 0.429. The van der Waals surface area contributed by atoms with E-state index >= 15 is 0 Å². The Morgan fingerprint density at radius 3 is 2.85 bits per heavy atom. The second-order valence-electron chi connectivity index (χ2n) is 4.91. The van der Waals surface area contributed by atoms with Gasteiger partial charge in [0.1, 0.15) is 0 Å². The van der Waals surface area contributed by atoms with Gasteiger partial charge in [0.25, 0.3) is 5.91 Å². The van der Waals surface area contributed by atoms with Crippen LogP contribution in [-0.4, -0.2) is 47.6 Å². The van der Waals surface area contributed by atoms with Crippen molar-refractivity contribution < 1.29 is 14.7 Å². The number of carbonyl (C=O) groups excluding carboxylic acids is 2. The number of anilines is 1. The van der Waals surface area contributed by atoms with Crippen molar-refractivity contribution in [2.45, 2.75) is 18.9 Å². The van der Waals surface area contributed by atoms with Gasteiger partial charge in [-0.15, -0.1) is 0 Å². The first-order chi connectivity index (χ1) is 9.61. The summed E-state index contributed by atoms with van der Waals surface area (Å²) in [5, 5.41) is 11.9. The number of aliphatic hydroxyl groups is 1. The van der Waals surface area contributed by atoms with Crippen LogP contribution in [0.4, 0.5) is 5.69 Å². The Balaban J connectivity index is 2.00. The van der Waals surface area contributed by atoms with Crippen LogP contribution in [0.5, 0.6) is 0 Å². The average Bonchev–Trinajstić information content (AvgIpc) is 2.86. The van der Waals surface area contributed by atoms with Crippen molar-refractivity contribution >= 4 is 17.5 Å². The predicted octanol–water partition coefficient (Wildman–Crippen LogP) is 0.181. The minimum absolute atomic E-state index is 0.0483. The largest absolute Gasteiger partial charge is 0.395 e. The Labute approximate surface area is 117 Å². The molecule has 1 heterocycles. The van der Waals surface area contributed by atoms with Gasteiger partial charge in [-0.2, -0.15) is 0 Å². The van der Waals surface area contributed by atoms with Crippen LogP contribution < -0.4 is 11.1 Å². The van der Waals surface area contributed by atoms with Gasteiger partial charge in [0, 0.05) is 6.04 Å². The number of rotatable bonds is 5. The monoisotopic (exact) mass is 277 g/mol. The van der Waals surface area contributed by atoms with Crippen molar-refractivity contribution in [3.63, 3.8) is 0 Å². The van der Waals surface area contributed by atoms with Crippen LogP contribution in [0.3, 0.4) is 0 Å². The highest BCUT2D eigenvalue weighted by atomic mass is 16.3. The third-order valence-corrected chi connectivity index (χ3v) is 3.52. The van der Waals surface area contributed by atoms with Gasteiger partial charge in [-0.05, 0) is 31.5 Å². The van der Waals surface area contributed by atoms with E-state index in [0.29, 0.717) is 11.3 Å². The quantitative estimate of drug-likeness (QED) is 0.715. The molecule has 108 valence electrons. The molecular weight excluding hydrogens is 258 g/mol. The highest BCUT2D eigenvalue weighted by Crippen LogP contribution is 2.17. The molecule has 1 aliphatic rings. The van der Waals surface area contributed by atoms with E-state index in [2.05, 4.69) is 5.32 Å². The van der Waals surface area contributed by atoms with Crippen molar-refractivity contribution in [1.82, 2.24) is 4.90 Å². The molecule has 1 saturated heterocycles. The molecule has 6 nitrogen and oxygen atoms in total. The van der Waals surface area contributed by atoms with Gasteiger partial charge in [0.15, 0.2) is 0 Å². The third kappa shape index (κ3) is 3.34. The molecule has 0 radical (unpaired) electrons. The fourth-order valence-corrected chi connectivity index (χ4v) is 2.49. The molecule has 0 aromatic heterocycles. The molecule has 0 bridgehead atoms. The second kappa shape index (κ2) is 6.49. The lowest BCUT2D eigenvalue weighted by molar-refractivity contribution is -0.117. The van der Waals surface area contributed by atoms with Gasteiger partial charge in [-0.1, -0.05) is 12.1 Å². The summed E-state index contributed by atoms with van der Waals surface area (Å²) >= 11 is 0. The first-order valence-corrected chi connectivity index (χ1v) is 6.65. The number of nitrogens with two attached hydrogens (primary N) is 1. The van der Waals surface area contributed by atoms with Crippen LogP contribution >= 0.6 is 0 Å². The van der Waals surface area contributed by atoms with Gasteiger partial charge in [-0.3, -0.25) is 14.5 Å². The number of likely N-dealkylation sites (tertiary alicyclic amines) is 1. The highest BCUT2D eigenvalue weighted by molar-refractivity contribution is 6.03. The Morgan fingerprint density at radius 1 is 1.40 bits per heavy atom. The molecule has 4 N–H and O–H groups in total. The minimum atomic E-state index is -0.574. The molecule has 2 rings (SSSR count). The lowest BCUT2D eigenvalue weighted by atomic mass is 10.1. The lowest BCUT2D eigenvalue weighted by Crippen LogP contribution is -2.38. The van der Waals surface area contributed by atoms with Gasteiger partial charge in [-0.25, -0.2) is 0 Å². The molecule has 1 aliphatic heterocycles. The number of amides is 2. The maximum atomic E-state index is 12.0. The molecule has 20 heavy (non-hydrogen) atoms. The molecule has 0 spiro atoms. The molecule has 1 aromatic rings. The van der Waals surface area contributed by atoms with E-state index < -0.39 is 5.91 Å². The molecule has 2 amide bonds. The van der Waals surface area contributed by atoms with Crippen molar-refractivity contribution in [1.29, 1.82) is 0 Å². The van der Waals surface area contributed by atoms with Crippen molar-refractivity contribution in [3.05, 3.63) is 29.8 Å². The topological polar surface area (TPSA) is 95.7 Å². The number of hydrogen-bond donors (Lipinski definition) is 3. The predicted molar refractivity (Wildman–Crippen MR) is 75.3 cm³/mol. The Hall–Kier alpha value is -1.92. The molecule has 0 aliphatic carbocycles. The van der Waals surface area contributed by atoms with Crippen LogP contribution in [0.1, 0.15) is 23.2 Å². The first kappa shape index (κ1) is 14.5. The van der Waals surface area contributed by atoms with E-state index in [0.717, 1.165) is 19.4 Å². The maximum absolute atomic E-state index is 12.0. The van der Waals surface area contributed by atoms with E-state index in [4.69, 9.17) is 5.73 Å². The summed E-state index contributed by atoms with van der Waals surface area (Å²) in [5.41, 5.74) is 5.98. The molecule has 0 unspecified atom stereocenters. The number of aliphatic hydroxyl groups excluding tert-OH is 1. The average molecular weight is 277 g/mol. The van der Waals surface area contributed by atoms with Crippen LogP contribution in [0.15, 0.2) is 24.3 Å². The van der Waals surface area contributed by atoms with Crippen LogP contribution in [0, 0.1) is 0 Å². The smallest absolute Gasteiger partial charge is 0.250 e. The zero-order chi connectivity index (χ0) is 14.5. The van der Waals surface area contributed by atoms with Crippen LogP contribution in [-0.2, 0) is 4.79 Å². The highest BCUT2D eigenvalue weighted by Gasteiger charge is 2.25. The summed E-state index contributed by atoms with van der Waals surface area (Å²) in [6.45, 7) is 1.07. The zero-order valence-electron chi connectivity index (χ0n) is 11.2. The van der Waals surface area contributed by atoms with Crippen molar-refractivity contribution in [2.24, 2.45) is 5.73 Å². The molecular formula is C14H19N3O3. The number of carbonyl (C=O) groups is 2. The number of nitrogens with one attached hydrogen (secondary N) is 1. The third-order valence-electron chi connectivity index (χ3n) is 3.52. The molecule has 0 saturated carbocycles. The Morgan fingerprint density at radius 2 is 2.15 bits per heavy atom. The maximum Gasteiger partial charge on any atom is 0.250 e. The summed E-state index contributed by atoms with van der Waals surface area (Å²) < 4.78 is 0. The van der Waals surface area contributed by atoms with E-state index in [1.807, 2.05) is 4.90 Å². The van der Waals surface area contributed by atoms with Gasteiger partial charge in [0.05, 0.1) is 24.4 Å². The van der Waals surface area contributed by atoms with Crippen molar-refractivity contribution in [2.75, 3.05) is 25.0 Å². The number of para-hydroxylation sites is 1. The summed E-state index contributed by atoms with van der Waals surface area (Å²) in [6, 6.07) is 6.69. The van der Waals surface area contributed by atoms with Gasteiger partial charge < -0.3 is 16.2 Å². The molecule has 1 atom stereocenters. The van der Waals surface area contributed by atoms with Crippen LogP contribution in [0.25, 0.3) is 0 Å². The molecule has 1 fully saturated rings. The standard InChI is InChI=1S/C14H19N3O3/c15-14(20)11-5-1-2-6-12(11)16-13(19)8-17-7-3-4-10(17)9-18/h1-2,5-6,10,18H,3-4,7-9H2,(H2,15,20)(H,16,19)/t10-/m1/s1. The van der Waals surface area contributed by atoms with Crippen molar-refractivity contribution in [3.8, 4) is 0 Å². The zero-order valence-corrected chi connectivity index (χ0v) is 11.2. The molecule has 6 heteroatoms. The minimum Gasteiger partial charge on any atom is -0.395 e. The normalized spacial score (nSPS) is 18.9. The van der Waals surface area contributed by atoms with Crippen LogP contribution in [0.2, 0.25) is 0 Å². The molecule has 1 aromatic carbocycles. The SMILES string of the molecule is NC(=O)c1ccccc1NC(=O)CN1CCC[C@@H]1CO. The first-order valence-electron chi connectivity index (χ1n) is 6.65. The van der Waals surface area contributed by atoms with Gasteiger partial charge in [0.2, 0.25) is 5.91 Å². The number of nitrogens with zero attached hydrogens (tertiary/aromatic N) is 1. The second-order valence-corrected chi connectivity index (χ2v) is 4.91. The fourth-order valence-electron chi connectivity index (χ4n) is 2.49. The number of benzene rings is 1. The van der Waals surface area contributed by atoms with E-state index in [1.54, 1.807) is 24.3 Å². The Kier molecular flexibility index (Phi) is 4.70. The van der Waals surface area contributed by atoms with E-state index in [1.165, 1.54) is 0 Å². The van der Waals surface area contributed by atoms with Gasteiger partial charge >= 0.3 is 0 Å². The number of hydrogen-bond acceptors (Lipinski definition) is 4. The lowest BCUT2D eigenvalue weighted by Gasteiger charge is -2.22. The summed E-state index contributed by atoms with van der Waals surface area (Å²) in [5.74, 6) is -0.783. The van der Waals surface area contributed by atoms with E-state index in [9.17, 15) is 14.7 Å². The van der Waals surface area contributed by atoms with E-state index in [-0.39, 0.29) is 25.1 Å². The summed E-state index contributed by atoms with van der Waals surface area (Å²) in [7, 11) is 0. The Bertz CT molecular complexity index is 504. The summed E-state index contributed by atoms with van der Waals surface area (Å²) in [4.78, 5) is 25.2. The number of primary amides is 1.